The minimum Gasteiger partial charge on any atom is -0.351 e. The van der Waals surface area contributed by atoms with Crippen molar-refractivity contribution in [3.05, 3.63) is 16.1 Å². The minimum absolute atomic E-state index is 0.00374. The molecular weight excluding hydrogens is 222 g/mol. The summed E-state index contributed by atoms with van der Waals surface area (Å²) in [5.74, 6) is -0.00374. The van der Waals surface area contributed by atoms with Crippen LogP contribution in [0.5, 0.6) is 0 Å². The highest BCUT2D eigenvalue weighted by molar-refractivity contribution is 7.13. The van der Waals surface area contributed by atoms with E-state index in [4.69, 9.17) is 0 Å². The van der Waals surface area contributed by atoms with Crippen molar-refractivity contribution in [1.82, 2.24) is 15.6 Å². The van der Waals surface area contributed by atoms with E-state index in [2.05, 4.69) is 22.5 Å². The molecule has 0 aromatic carbocycles. The van der Waals surface area contributed by atoms with Gasteiger partial charge in [0, 0.05) is 6.54 Å². The van der Waals surface area contributed by atoms with Crippen LogP contribution in [0.3, 0.4) is 0 Å². The number of rotatable bonds is 7. The highest BCUT2D eigenvalue weighted by Gasteiger charge is 2.08. The van der Waals surface area contributed by atoms with Crippen LogP contribution >= 0.6 is 11.3 Å². The molecule has 0 saturated carbocycles. The standard InChI is InChI=1S/C11H19N3OS/c1-3-5-10-14-8-9(16-10)11(15)13-7-4-6-12-2/h8,12H,3-7H2,1-2H3,(H,13,15). The molecule has 4 nitrogen and oxygen atoms in total. The van der Waals surface area contributed by atoms with E-state index in [0.717, 1.165) is 30.8 Å². The Morgan fingerprint density at radius 3 is 3.00 bits per heavy atom. The highest BCUT2D eigenvalue weighted by Crippen LogP contribution is 2.14. The van der Waals surface area contributed by atoms with Gasteiger partial charge in [-0.05, 0) is 32.9 Å². The van der Waals surface area contributed by atoms with Gasteiger partial charge in [0.05, 0.1) is 11.2 Å². The van der Waals surface area contributed by atoms with Crippen LogP contribution in [0.1, 0.15) is 34.4 Å². The molecule has 1 heterocycles. The third-order valence-electron chi connectivity index (χ3n) is 2.13. The SMILES string of the molecule is CCCc1ncc(C(=O)NCCCNC)s1. The predicted octanol–water partition coefficient (Wildman–Crippen LogP) is 1.43. The number of aromatic nitrogens is 1. The number of hydrogen-bond donors (Lipinski definition) is 2. The lowest BCUT2D eigenvalue weighted by atomic mass is 10.4. The first-order valence-corrected chi connectivity index (χ1v) is 6.47. The fraction of sp³-hybridized carbons (Fsp3) is 0.636. The van der Waals surface area contributed by atoms with Crippen LogP contribution < -0.4 is 10.6 Å². The molecule has 1 amide bonds. The van der Waals surface area contributed by atoms with Crippen molar-refractivity contribution in [2.45, 2.75) is 26.2 Å². The van der Waals surface area contributed by atoms with Gasteiger partial charge in [0.15, 0.2) is 0 Å². The van der Waals surface area contributed by atoms with Crippen molar-refractivity contribution < 1.29 is 4.79 Å². The molecule has 1 aromatic rings. The predicted molar refractivity (Wildman–Crippen MR) is 67.0 cm³/mol. The zero-order valence-electron chi connectivity index (χ0n) is 9.88. The van der Waals surface area contributed by atoms with Crippen molar-refractivity contribution in [2.75, 3.05) is 20.1 Å². The first kappa shape index (κ1) is 13.1. The fourth-order valence-electron chi connectivity index (χ4n) is 1.30. The Morgan fingerprint density at radius 1 is 1.50 bits per heavy atom. The molecule has 0 aliphatic rings. The van der Waals surface area contributed by atoms with Crippen molar-refractivity contribution in [1.29, 1.82) is 0 Å². The summed E-state index contributed by atoms with van der Waals surface area (Å²) >= 11 is 1.49. The summed E-state index contributed by atoms with van der Waals surface area (Å²) < 4.78 is 0. The molecule has 1 aromatic heterocycles. The Kier molecular flexibility index (Phi) is 6.03. The Bertz CT molecular complexity index is 325. The number of aryl methyl sites for hydroxylation is 1. The molecule has 0 unspecified atom stereocenters. The largest absolute Gasteiger partial charge is 0.351 e. The van der Waals surface area contributed by atoms with Crippen LogP contribution in [0.15, 0.2) is 6.20 Å². The molecule has 0 atom stereocenters. The van der Waals surface area contributed by atoms with E-state index in [9.17, 15) is 4.79 Å². The van der Waals surface area contributed by atoms with Crippen molar-refractivity contribution >= 4 is 17.2 Å². The summed E-state index contributed by atoms with van der Waals surface area (Å²) in [5, 5.41) is 6.97. The molecule has 0 saturated heterocycles. The summed E-state index contributed by atoms with van der Waals surface area (Å²) in [4.78, 5) is 16.6. The van der Waals surface area contributed by atoms with Gasteiger partial charge in [-0.2, -0.15) is 0 Å². The maximum Gasteiger partial charge on any atom is 0.263 e. The maximum atomic E-state index is 11.7. The number of hydrogen-bond acceptors (Lipinski definition) is 4. The zero-order valence-corrected chi connectivity index (χ0v) is 10.7. The van der Waals surface area contributed by atoms with Crippen LogP contribution in [0.25, 0.3) is 0 Å². The van der Waals surface area contributed by atoms with Crippen molar-refractivity contribution in [3.8, 4) is 0 Å². The maximum absolute atomic E-state index is 11.7. The monoisotopic (exact) mass is 241 g/mol. The second kappa shape index (κ2) is 7.35. The summed E-state index contributed by atoms with van der Waals surface area (Å²) in [6, 6.07) is 0. The van der Waals surface area contributed by atoms with Crippen LogP contribution in [0.2, 0.25) is 0 Å². The lowest BCUT2D eigenvalue weighted by Gasteiger charge is -2.02. The number of nitrogens with one attached hydrogen (secondary N) is 2. The van der Waals surface area contributed by atoms with Gasteiger partial charge in [-0.1, -0.05) is 6.92 Å². The van der Waals surface area contributed by atoms with Crippen molar-refractivity contribution in [2.24, 2.45) is 0 Å². The second-order valence-electron chi connectivity index (χ2n) is 3.58. The molecule has 0 bridgehead atoms. The van der Waals surface area contributed by atoms with Gasteiger partial charge in [0.1, 0.15) is 4.88 Å². The van der Waals surface area contributed by atoms with E-state index in [0.29, 0.717) is 11.4 Å². The van der Waals surface area contributed by atoms with Gasteiger partial charge in [0.2, 0.25) is 0 Å². The smallest absolute Gasteiger partial charge is 0.263 e. The van der Waals surface area contributed by atoms with Crippen LogP contribution in [0, 0.1) is 0 Å². The average Bonchev–Trinajstić information content (AvgIpc) is 2.73. The summed E-state index contributed by atoms with van der Waals surface area (Å²) in [6.07, 6.45) is 4.64. The van der Waals surface area contributed by atoms with E-state index in [-0.39, 0.29) is 5.91 Å². The average molecular weight is 241 g/mol. The Hall–Kier alpha value is -0.940. The van der Waals surface area contributed by atoms with Gasteiger partial charge < -0.3 is 10.6 Å². The molecule has 0 spiro atoms. The number of carbonyl (C=O) groups is 1. The molecule has 0 fully saturated rings. The molecule has 0 aliphatic heterocycles. The van der Waals surface area contributed by atoms with Gasteiger partial charge in [-0.25, -0.2) is 4.98 Å². The topological polar surface area (TPSA) is 54.0 Å². The molecule has 90 valence electrons. The molecule has 1 rings (SSSR count). The van der Waals surface area contributed by atoms with Crippen LogP contribution in [0.4, 0.5) is 0 Å². The van der Waals surface area contributed by atoms with E-state index in [1.165, 1.54) is 11.3 Å². The normalized spacial score (nSPS) is 10.4. The quantitative estimate of drug-likeness (QED) is 0.710. The lowest BCUT2D eigenvalue weighted by Crippen LogP contribution is -2.25. The van der Waals surface area contributed by atoms with Gasteiger partial charge in [-0.3, -0.25) is 4.79 Å². The third-order valence-corrected chi connectivity index (χ3v) is 3.19. The molecule has 16 heavy (non-hydrogen) atoms. The number of carbonyl (C=O) groups excluding carboxylic acids is 1. The van der Waals surface area contributed by atoms with Gasteiger partial charge in [0.25, 0.3) is 5.91 Å². The van der Waals surface area contributed by atoms with Crippen molar-refractivity contribution in [3.63, 3.8) is 0 Å². The molecule has 2 N–H and O–H groups in total. The van der Waals surface area contributed by atoms with Gasteiger partial charge in [-0.15, -0.1) is 11.3 Å². The lowest BCUT2D eigenvalue weighted by molar-refractivity contribution is 0.0957. The Labute approximate surface area is 100 Å². The molecular formula is C11H19N3OS. The van der Waals surface area contributed by atoms with Crippen LogP contribution in [-0.2, 0) is 6.42 Å². The summed E-state index contributed by atoms with van der Waals surface area (Å²) in [6.45, 7) is 3.74. The van der Waals surface area contributed by atoms with E-state index >= 15 is 0 Å². The Morgan fingerprint density at radius 2 is 2.31 bits per heavy atom. The first-order valence-electron chi connectivity index (χ1n) is 5.65. The summed E-state index contributed by atoms with van der Waals surface area (Å²) in [7, 11) is 1.90. The molecule has 0 radical (unpaired) electrons. The summed E-state index contributed by atoms with van der Waals surface area (Å²) in [5.41, 5.74) is 0. The minimum atomic E-state index is -0.00374. The highest BCUT2D eigenvalue weighted by atomic mass is 32.1. The number of thiazole rings is 1. The fourth-order valence-corrected chi connectivity index (χ4v) is 2.23. The molecule has 0 aliphatic carbocycles. The number of nitrogens with zero attached hydrogens (tertiary/aromatic N) is 1. The van der Waals surface area contributed by atoms with Gasteiger partial charge >= 0.3 is 0 Å². The Balaban J connectivity index is 2.34. The molecule has 5 heteroatoms. The number of amides is 1. The zero-order chi connectivity index (χ0) is 11.8. The van der Waals surface area contributed by atoms with E-state index < -0.39 is 0 Å². The van der Waals surface area contributed by atoms with E-state index in [1.807, 2.05) is 7.05 Å². The second-order valence-corrected chi connectivity index (χ2v) is 4.70. The first-order chi connectivity index (χ1) is 7.77. The van der Waals surface area contributed by atoms with E-state index in [1.54, 1.807) is 6.20 Å². The van der Waals surface area contributed by atoms with Crippen LogP contribution in [-0.4, -0.2) is 31.0 Å². The third kappa shape index (κ3) is 4.28.